The van der Waals surface area contributed by atoms with Gasteiger partial charge in [0.25, 0.3) is 5.91 Å². The summed E-state index contributed by atoms with van der Waals surface area (Å²) in [7, 11) is 1.62. The highest BCUT2D eigenvalue weighted by molar-refractivity contribution is 5.85. The van der Waals surface area contributed by atoms with Gasteiger partial charge in [0.2, 0.25) is 0 Å². The first-order valence-electron chi connectivity index (χ1n) is 8.46. The maximum absolute atomic E-state index is 12.5. The molecular weight excluding hydrogens is 328 g/mol. The van der Waals surface area contributed by atoms with Gasteiger partial charge < -0.3 is 20.1 Å². The van der Waals surface area contributed by atoms with Gasteiger partial charge in [-0.3, -0.25) is 4.79 Å². The Balaban J connectivity index is 0.00000288. The summed E-state index contributed by atoms with van der Waals surface area (Å²) in [6.07, 6.45) is 3.57. The van der Waals surface area contributed by atoms with E-state index in [-0.39, 0.29) is 18.3 Å². The van der Waals surface area contributed by atoms with E-state index in [0.29, 0.717) is 19.4 Å². The number of carbonyl (C=O) groups excluding carboxylic acids is 1. The lowest BCUT2D eigenvalue weighted by molar-refractivity contribution is -0.146. The van der Waals surface area contributed by atoms with Crippen LogP contribution in [0.25, 0.3) is 0 Å². The normalized spacial score (nSPS) is 16.1. The van der Waals surface area contributed by atoms with Crippen molar-refractivity contribution in [3.63, 3.8) is 0 Å². The van der Waals surface area contributed by atoms with Crippen LogP contribution >= 0.6 is 12.4 Å². The highest BCUT2D eigenvalue weighted by Gasteiger charge is 2.39. The van der Waals surface area contributed by atoms with Gasteiger partial charge in [-0.2, -0.15) is 0 Å². The fourth-order valence-electron chi connectivity index (χ4n) is 2.78. The Morgan fingerprint density at radius 1 is 1.33 bits per heavy atom. The summed E-state index contributed by atoms with van der Waals surface area (Å²) in [6, 6.07) is 7.89. The number of hydrogen-bond donors (Lipinski definition) is 2. The number of halogens is 1. The number of piperidine rings is 1. The summed E-state index contributed by atoms with van der Waals surface area (Å²) in [5, 5.41) is 6.27. The number of nitrogens with one attached hydrogen (secondary N) is 2. The molecule has 1 aromatic rings. The van der Waals surface area contributed by atoms with E-state index in [1.807, 2.05) is 24.3 Å². The number of ether oxygens (including phenoxy) is 2. The van der Waals surface area contributed by atoms with Gasteiger partial charge in [0.15, 0.2) is 0 Å². The average Bonchev–Trinajstić information content (AvgIpc) is 2.61. The van der Waals surface area contributed by atoms with E-state index in [9.17, 15) is 4.79 Å². The molecule has 1 saturated heterocycles. The SMILES string of the molecule is CCCCOc1cccc(CNC(=O)C2(OC)CCNCC2)c1.Cl. The van der Waals surface area contributed by atoms with Gasteiger partial charge in [-0.05, 0) is 50.0 Å². The molecule has 24 heavy (non-hydrogen) atoms. The Hall–Kier alpha value is -1.30. The lowest BCUT2D eigenvalue weighted by Crippen LogP contribution is -2.53. The molecular formula is C18H29ClN2O3. The van der Waals surface area contributed by atoms with E-state index in [1.54, 1.807) is 7.11 Å². The number of amides is 1. The summed E-state index contributed by atoms with van der Waals surface area (Å²) in [6.45, 7) is 4.97. The number of unbranched alkanes of at least 4 members (excludes halogenated alkanes) is 1. The number of hydrogen-bond acceptors (Lipinski definition) is 4. The maximum Gasteiger partial charge on any atom is 0.252 e. The van der Waals surface area contributed by atoms with Crippen molar-refractivity contribution in [1.29, 1.82) is 0 Å². The molecule has 0 aromatic heterocycles. The van der Waals surface area contributed by atoms with Crippen LogP contribution in [0.15, 0.2) is 24.3 Å². The van der Waals surface area contributed by atoms with Gasteiger partial charge in [0, 0.05) is 13.7 Å². The second kappa shape index (κ2) is 10.5. The number of methoxy groups -OCH3 is 1. The quantitative estimate of drug-likeness (QED) is 0.703. The van der Waals surface area contributed by atoms with Crippen molar-refractivity contribution in [2.45, 2.75) is 44.8 Å². The van der Waals surface area contributed by atoms with Crippen LogP contribution in [-0.2, 0) is 16.1 Å². The van der Waals surface area contributed by atoms with Crippen molar-refractivity contribution < 1.29 is 14.3 Å². The molecule has 0 unspecified atom stereocenters. The summed E-state index contributed by atoms with van der Waals surface area (Å²) < 4.78 is 11.2. The molecule has 5 nitrogen and oxygen atoms in total. The van der Waals surface area contributed by atoms with Crippen LogP contribution in [-0.4, -0.2) is 38.3 Å². The van der Waals surface area contributed by atoms with Crippen molar-refractivity contribution in [1.82, 2.24) is 10.6 Å². The van der Waals surface area contributed by atoms with E-state index in [2.05, 4.69) is 17.6 Å². The summed E-state index contributed by atoms with van der Waals surface area (Å²) in [4.78, 5) is 12.5. The molecule has 0 bridgehead atoms. The predicted octanol–water partition coefficient (Wildman–Crippen LogP) is 2.67. The van der Waals surface area contributed by atoms with Crippen LogP contribution in [0.3, 0.4) is 0 Å². The molecule has 0 saturated carbocycles. The predicted molar refractivity (Wildman–Crippen MR) is 97.8 cm³/mol. The van der Waals surface area contributed by atoms with E-state index in [1.165, 1.54) is 0 Å². The molecule has 1 amide bonds. The highest BCUT2D eigenvalue weighted by atomic mass is 35.5. The average molecular weight is 357 g/mol. The molecule has 0 atom stereocenters. The number of rotatable bonds is 8. The minimum Gasteiger partial charge on any atom is -0.494 e. The van der Waals surface area contributed by atoms with Crippen LogP contribution < -0.4 is 15.4 Å². The number of benzene rings is 1. The van der Waals surface area contributed by atoms with Gasteiger partial charge in [-0.25, -0.2) is 0 Å². The molecule has 136 valence electrons. The molecule has 0 radical (unpaired) electrons. The minimum absolute atomic E-state index is 0. The Labute approximate surface area is 150 Å². The van der Waals surface area contributed by atoms with Gasteiger partial charge in [0.1, 0.15) is 11.4 Å². The van der Waals surface area contributed by atoms with Crippen LogP contribution in [0.2, 0.25) is 0 Å². The standard InChI is InChI=1S/C18H28N2O3.ClH/c1-3-4-12-23-16-7-5-6-15(13-16)14-20-17(21)18(22-2)8-10-19-11-9-18;/h5-7,13,19H,3-4,8-12,14H2,1-2H3,(H,20,21);1H. The van der Waals surface area contributed by atoms with Crippen molar-refractivity contribution in [2.75, 3.05) is 26.8 Å². The van der Waals surface area contributed by atoms with Gasteiger partial charge in [0.05, 0.1) is 6.61 Å². The van der Waals surface area contributed by atoms with E-state index in [4.69, 9.17) is 9.47 Å². The molecule has 6 heteroatoms. The van der Waals surface area contributed by atoms with Crippen LogP contribution in [0.1, 0.15) is 38.2 Å². The van der Waals surface area contributed by atoms with Crippen molar-refractivity contribution in [3.8, 4) is 5.75 Å². The topological polar surface area (TPSA) is 59.6 Å². The molecule has 0 spiro atoms. The lowest BCUT2D eigenvalue weighted by Gasteiger charge is -2.34. The summed E-state index contributed by atoms with van der Waals surface area (Å²) in [5.41, 5.74) is 0.341. The second-order valence-electron chi connectivity index (χ2n) is 5.98. The Morgan fingerprint density at radius 3 is 2.75 bits per heavy atom. The second-order valence-corrected chi connectivity index (χ2v) is 5.98. The summed E-state index contributed by atoms with van der Waals surface area (Å²) in [5.74, 6) is 0.826. The molecule has 1 aliphatic heterocycles. The zero-order chi connectivity index (χ0) is 16.5. The molecule has 2 rings (SSSR count). The third-order valence-electron chi connectivity index (χ3n) is 4.33. The molecule has 0 aliphatic carbocycles. The minimum atomic E-state index is -0.694. The van der Waals surface area contributed by atoms with Gasteiger partial charge >= 0.3 is 0 Å². The van der Waals surface area contributed by atoms with Crippen LogP contribution in [0.4, 0.5) is 0 Å². The molecule has 1 aliphatic rings. The first-order valence-corrected chi connectivity index (χ1v) is 8.46. The Bertz CT molecular complexity index is 505. The zero-order valence-corrected chi connectivity index (χ0v) is 15.4. The Kier molecular flexibility index (Phi) is 9.11. The highest BCUT2D eigenvalue weighted by Crippen LogP contribution is 2.23. The van der Waals surface area contributed by atoms with Gasteiger partial charge in [-0.1, -0.05) is 25.5 Å². The Morgan fingerprint density at radius 2 is 2.08 bits per heavy atom. The molecule has 2 N–H and O–H groups in total. The van der Waals surface area contributed by atoms with Crippen molar-refractivity contribution in [3.05, 3.63) is 29.8 Å². The first-order chi connectivity index (χ1) is 11.2. The third kappa shape index (κ3) is 5.65. The van der Waals surface area contributed by atoms with E-state index < -0.39 is 5.60 Å². The third-order valence-corrected chi connectivity index (χ3v) is 4.33. The maximum atomic E-state index is 12.5. The lowest BCUT2D eigenvalue weighted by atomic mass is 9.91. The number of carbonyl (C=O) groups is 1. The van der Waals surface area contributed by atoms with Gasteiger partial charge in [-0.15, -0.1) is 12.4 Å². The smallest absolute Gasteiger partial charge is 0.252 e. The summed E-state index contributed by atoms with van der Waals surface area (Å²) >= 11 is 0. The van der Waals surface area contributed by atoms with E-state index >= 15 is 0 Å². The molecule has 1 fully saturated rings. The fourth-order valence-corrected chi connectivity index (χ4v) is 2.78. The van der Waals surface area contributed by atoms with Crippen LogP contribution in [0, 0.1) is 0 Å². The first kappa shape index (κ1) is 20.7. The van der Waals surface area contributed by atoms with E-state index in [0.717, 1.165) is 43.9 Å². The monoisotopic (exact) mass is 356 g/mol. The molecule has 1 aromatic carbocycles. The zero-order valence-electron chi connectivity index (χ0n) is 14.6. The van der Waals surface area contributed by atoms with Crippen LogP contribution in [0.5, 0.6) is 5.75 Å². The fraction of sp³-hybridized carbons (Fsp3) is 0.611. The van der Waals surface area contributed by atoms with Crippen molar-refractivity contribution >= 4 is 18.3 Å². The van der Waals surface area contributed by atoms with Crippen molar-refractivity contribution in [2.24, 2.45) is 0 Å². The largest absolute Gasteiger partial charge is 0.494 e. The molecule has 1 heterocycles.